The fourth-order valence-electron chi connectivity index (χ4n) is 3.23. The Hall–Kier alpha value is -3.48. The molecule has 0 aliphatic heterocycles. The summed E-state index contributed by atoms with van der Waals surface area (Å²) in [6, 6.07) is 35.2. The molecule has 0 N–H and O–H groups in total. The van der Waals surface area contributed by atoms with E-state index in [1.165, 1.54) is 0 Å². The molecular weight excluding hydrogens is 584 g/mol. The highest BCUT2D eigenvalue weighted by molar-refractivity contribution is 9.10. The lowest BCUT2D eigenvalue weighted by molar-refractivity contribution is 0.0890. The average Bonchev–Trinajstić information content (AvgIpc) is 2.97. The summed E-state index contributed by atoms with van der Waals surface area (Å²) < 4.78 is 0. The molecule has 4 nitrogen and oxygen atoms in total. The first-order chi connectivity index (χ1) is 17.4. The predicted octanol–water partition coefficient (Wildman–Crippen LogP) is 7.03. The second-order valence-corrected chi connectivity index (χ2v) is 9.48. The van der Waals surface area contributed by atoms with Crippen LogP contribution in [0.2, 0.25) is 0 Å². The Bertz CT molecular complexity index is 1100. The fraction of sp³-hybridized carbons (Fsp3) is 0.0667. The van der Waals surface area contributed by atoms with Crippen molar-refractivity contribution in [2.75, 3.05) is 0 Å². The number of Topliss-reactive ketones (excluding diaryl/α,β-unsaturated/α-hetero) is 4. The smallest absolute Gasteiger partial charge is 0.184 e. The van der Waals surface area contributed by atoms with Crippen molar-refractivity contribution >= 4 is 55.0 Å². The van der Waals surface area contributed by atoms with Gasteiger partial charge in [-0.25, -0.2) is 0 Å². The van der Waals surface area contributed by atoms with Gasteiger partial charge in [-0.15, -0.1) is 0 Å². The lowest BCUT2D eigenvalue weighted by Crippen LogP contribution is -2.24. The molecule has 6 heteroatoms. The molecule has 180 valence electrons. The quantitative estimate of drug-likeness (QED) is 0.123. The van der Waals surface area contributed by atoms with E-state index in [-0.39, 0.29) is 23.1 Å². The number of ketones is 4. The van der Waals surface area contributed by atoms with Gasteiger partial charge in [-0.05, 0) is 0 Å². The number of hydrogen-bond acceptors (Lipinski definition) is 4. The van der Waals surface area contributed by atoms with Crippen LogP contribution in [0.3, 0.4) is 0 Å². The van der Waals surface area contributed by atoms with Gasteiger partial charge in [-0.3, -0.25) is 19.2 Å². The molecule has 0 saturated carbocycles. The number of rotatable bonds is 8. The van der Waals surface area contributed by atoms with Crippen molar-refractivity contribution in [3.63, 3.8) is 0 Å². The van der Waals surface area contributed by atoms with Crippen molar-refractivity contribution in [1.29, 1.82) is 0 Å². The molecule has 36 heavy (non-hydrogen) atoms. The molecule has 0 unspecified atom stereocenters. The summed E-state index contributed by atoms with van der Waals surface area (Å²) >= 11 is 6.37. The highest BCUT2D eigenvalue weighted by Gasteiger charge is 2.26. The summed E-state index contributed by atoms with van der Waals surface area (Å²) in [5.74, 6) is -0.872. The molecule has 0 aliphatic rings. The molecule has 0 radical (unpaired) electrons. The predicted molar refractivity (Wildman–Crippen MR) is 149 cm³/mol. The Labute approximate surface area is 226 Å². The third kappa shape index (κ3) is 7.26. The zero-order valence-electron chi connectivity index (χ0n) is 19.1. The Balaban J connectivity index is 0.000000201. The van der Waals surface area contributed by atoms with E-state index >= 15 is 0 Å². The van der Waals surface area contributed by atoms with Gasteiger partial charge >= 0.3 is 0 Å². The molecule has 0 spiro atoms. The number of alkyl halides is 2. The molecule has 0 saturated heterocycles. The first-order valence-electron chi connectivity index (χ1n) is 11.1. The summed E-state index contributed by atoms with van der Waals surface area (Å²) in [6.45, 7) is 0. The van der Waals surface area contributed by atoms with Gasteiger partial charge in [0.25, 0.3) is 0 Å². The van der Waals surface area contributed by atoms with Crippen molar-refractivity contribution in [1.82, 2.24) is 0 Å². The minimum atomic E-state index is -0.831. The van der Waals surface area contributed by atoms with Gasteiger partial charge < -0.3 is 0 Å². The Kier molecular flexibility index (Phi) is 10.2. The summed E-state index contributed by atoms with van der Waals surface area (Å²) in [7, 11) is 0. The van der Waals surface area contributed by atoms with Crippen LogP contribution in [0, 0.1) is 0 Å². The highest BCUT2D eigenvalue weighted by Crippen LogP contribution is 2.17. The third-order valence-corrected chi connectivity index (χ3v) is 6.82. The molecule has 0 atom stereocenters. The molecule has 0 aliphatic carbocycles. The number of halogens is 2. The van der Waals surface area contributed by atoms with Crippen LogP contribution in [-0.4, -0.2) is 32.8 Å². The van der Waals surface area contributed by atoms with E-state index in [0.29, 0.717) is 22.3 Å². The zero-order chi connectivity index (χ0) is 25.9. The Morgan fingerprint density at radius 2 is 0.528 bits per heavy atom. The molecule has 0 bridgehead atoms. The van der Waals surface area contributed by atoms with Gasteiger partial charge in [-0.1, -0.05) is 153 Å². The minimum Gasteiger partial charge on any atom is -0.292 e. The lowest BCUT2D eigenvalue weighted by Gasteiger charge is -2.08. The van der Waals surface area contributed by atoms with Crippen LogP contribution in [0.25, 0.3) is 0 Å². The van der Waals surface area contributed by atoms with Crippen LogP contribution in [0.15, 0.2) is 121 Å². The lowest BCUT2D eigenvalue weighted by atomic mass is 10.0. The van der Waals surface area contributed by atoms with E-state index in [9.17, 15) is 19.2 Å². The summed E-state index contributed by atoms with van der Waals surface area (Å²) in [4.78, 5) is 46.7. The van der Waals surface area contributed by atoms with Gasteiger partial charge in [0.15, 0.2) is 23.1 Å². The first-order valence-corrected chi connectivity index (χ1v) is 12.9. The fourth-order valence-corrected chi connectivity index (χ4v) is 4.29. The molecule has 0 aromatic heterocycles. The topological polar surface area (TPSA) is 68.3 Å². The van der Waals surface area contributed by atoms with Crippen LogP contribution in [0.5, 0.6) is 0 Å². The highest BCUT2D eigenvalue weighted by atomic mass is 79.9. The van der Waals surface area contributed by atoms with Crippen LogP contribution < -0.4 is 0 Å². The molecule has 0 fully saturated rings. The Morgan fingerprint density at radius 3 is 0.694 bits per heavy atom. The van der Waals surface area contributed by atoms with E-state index in [2.05, 4.69) is 31.9 Å². The normalized spacial score (nSPS) is 10.3. The van der Waals surface area contributed by atoms with Crippen LogP contribution in [-0.2, 0) is 0 Å². The van der Waals surface area contributed by atoms with E-state index in [4.69, 9.17) is 0 Å². The summed E-state index contributed by atoms with van der Waals surface area (Å²) in [5, 5.41) is 0. The molecule has 4 aromatic carbocycles. The number of carbonyl (C=O) groups is 4. The second kappa shape index (κ2) is 13.6. The number of carbonyl (C=O) groups excluding carboxylic acids is 4. The largest absolute Gasteiger partial charge is 0.292 e. The third-order valence-electron chi connectivity index (χ3n) is 5.15. The van der Waals surface area contributed by atoms with E-state index in [0.717, 1.165) is 0 Å². The van der Waals surface area contributed by atoms with Crippen LogP contribution >= 0.6 is 31.9 Å². The van der Waals surface area contributed by atoms with E-state index in [1.807, 2.05) is 24.3 Å². The Morgan fingerprint density at radius 1 is 0.361 bits per heavy atom. The van der Waals surface area contributed by atoms with Crippen LogP contribution in [0.4, 0.5) is 0 Å². The van der Waals surface area contributed by atoms with Crippen molar-refractivity contribution in [3.8, 4) is 0 Å². The maximum Gasteiger partial charge on any atom is 0.184 e. The van der Waals surface area contributed by atoms with Crippen LogP contribution in [0.1, 0.15) is 41.4 Å². The number of benzene rings is 4. The van der Waals surface area contributed by atoms with Gasteiger partial charge in [0, 0.05) is 22.3 Å². The zero-order valence-corrected chi connectivity index (χ0v) is 22.3. The molecule has 4 rings (SSSR count). The van der Waals surface area contributed by atoms with Crippen molar-refractivity contribution in [2.45, 2.75) is 9.65 Å². The molecular formula is C30H22Br2O4. The summed E-state index contributed by atoms with van der Waals surface area (Å²) in [6.07, 6.45) is 0. The van der Waals surface area contributed by atoms with Gasteiger partial charge in [0.05, 0.1) is 0 Å². The maximum atomic E-state index is 12.1. The van der Waals surface area contributed by atoms with E-state index in [1.54, 1.807) is 97.1 Å². The molecule has 0 amide bonds. The summed E-state index contributed by atoms with van der Waals surface area (Å²) in [5.41, 5.74) is 2.12. The monoisotopic (exact) mass is 604 g/mol. The van der Waals surface area contributed by atoms with Gasteiger partial charge in [-0.2, -0.15) is 0 Å². The van der Waals surface area contributed by atoms with Crippen molar-refractivity contribution < 1.29 is 19.2 Å². The van der Waals surface area contributed by atoms with Crippen molar-refractivity contribution in [3.05, 3.63) is 144 Å². The van der Waals surface area contributed by atoms with E-state index < -0.39 is 9.65 Å². The number of hydrogen-bond donors (Lipinski definition) is 0. The average molecular weight is 606 g/mol. The minimum absolute atomic E-state index is 0.218. The standard InChI is InChI=1S/2C15H11BrO2/c2*16-13(14(17)11-7-3-1-4-8-11)15(18)12-9-5-2-6-10-12/h2*1-10,13H. The molecule has 0 heterocycles. The molecule has 4 aromatic rings. The first kappa shape index (κ1) is 27.1. The SMILES string of the molecule is O=C(c1ccccc1)C(Br)C(=O)c1ccccc1.O=C(c1ccccc1)C(Br)C(=O)c1ccccc1. The van der Waals surface area contributed by atoms with Crippen molar-refractivity contribution in [2.24, 2.45) is 0 Å². The van der Waals surface area contributed by atoms with Gasteiger partial charge in [0.1, 0.15) is 9.65 Å². The maximum absolute atomic E-state index is 12.1. The second-order valence-electron chi connectivity index (χ2n) is 7.65. The van der Waals surface area contributed by atoms with Gasteiger partial charge in [0.2, 0.25) is 0 Å².